The minimum Gasteiger partial charge on any atom is -0.465 e. The summed E-state index contributed by atoms with van der Waals surface area (Å²) in [7, 11) is 0. The van der Waals surface area contributed by atoms with Gasteiger partial charge in [-0.2, -0.15) is 0 Å². The number of nitro groups is 1. The van der Waals surface area contributed by atoms with E-state index >= 15 is 0 Å². The molecule has 1 fully saturated rings. The summed E-state index contributed by atoms with van der Waals surface area (Å²) in [5, 5.41) is 22.5. The summed E-state index contributed by atoms with van der Waals surface area (Å²) >= 11 is 0. The molecule has 27 heavy (non-hydrogen) atoms. The fraction of sp³-hybridized carbons (Fsp3) is 0.211. The Bertz CT molecular complexity index is 912. The van der Waals surface area contributed by atoms with Gasteiger partial charge in [-0.15, -0.1) is 0 Å². The van der Waals surface area contributed by atoms with Gasteiger partial charge in [0.25, 0.3) is 5.69 Å². The molecular weight excluding hydrogens is 350 g/mol. The SMILES string of the molecule is O=C(O)Nc1cc(N2CCOCC2)c(C#Cc2ccccc2)cc1[N+](=O)[O-]. The molecule has 0 atom stereocenters. The van der Waals surface area contributed by atoms with Gasteiger partial charge in [0.15, 0.2) is 0 Å². The Morgan fingerprint density at radius 3 is 2.52 bits per heavy atom. The van der Waals surface area contributed by atoms with E-state index in [1.807, 2.05) is 35.2 Å². The van der Waals surface area contributed by atoms with Crippen molar-refractivity contribution >= 4 is 23.2 Å². The first-order valence-electron chi connectivity index (χ1n) is 8.27. The lowest BCUT2D eigenvalue weighted by atomic mass is 10.1. The maximum atomic E-state index is 11.4. The number of carbonyl (C=O) groups is 1. The van der Waals surface area contributed by atoms with Crippen molar-refractivity contribution in [1.82, 2.24) is 0 Å². The first-order valence-corrected chi connectivity index (χ1v) is 8.27. The van der Waals surface area contributed by atoms with Gasteiger partial charge in [0.2, 0.25) is 0 Å². The third kappa shape index (κ3) is 4.54. The van der Waals surface area contributed by atoms with E-state index in [4.69, 9.17) is 9.84 Å². The molecule has 1 amide bonds. The van der Waals surface area contributed by atoms with Crippen molar-refractivity contribution in [2.45, 2.75) is 0 Å². The van der Waals surface area contributed by atoms with Crippen LogP contribution in [0.4, 0.5) is 21.9 Å². The van der Waals surface area contributed by atoms with Gasteiger partial charge < -0.3 is 14.7 Å². The molecule has 0 unspecified atom stereocenters. The Morgan fingerprint density at radius 2 is 1.89 bits per heavy atom. The number of hydrogen-bond acceptors (Lipinski definition) is 5. The predicted molar refractivity (Wildman–Crippen MR) is 100 cm³/mol. The van der Waals surface area contributed by atoms with Crippen LogP contribution >= 0.6 is 0 Å². The molecule has 2 aromatic carbocycles. The molecule has 1 heterocycles. The molecule has 2 N–H and O–H groups in total. The number of morpholine rings is 1. The molecule has 8 nitrogen and oxygen atoms in total. The molecule has 0 aliphatic carbocycles. The van der Waals surface area contributed by atoms with Crippen molar-refractivity contribution in [2.24, 2.45) is 0 Å². The monoisotopic (exact) mass is 367 g/mol. The smallest absolute Gasteiger partial charge is 0.409 e. The van der Waals surface area contributed by atoms with Crippen LogP contribution < -0.4 is 10.2 Å². The Kier molecular flexibility index (Phi) is 5.54. The molecule has 0 saturated carbocycles. The first-order chi connectivity index (χ1) is 13.0. The van der Waals surface area contributed by atoms with E-state index in [1.165, 1.54) is 12.1 Å². The zero-order valence-electron chi connectivity index (χ0n) is 14.3. The number of rotatable bonds is 3. The van der Waals surface area contributed by atoms with Crippen molar-refractivity contribution in [1.29, 1.82) is 0 Å². The van der Waals surface area contributed by atoms with Crippen molar-refractivity contribution in [3.8, 4) is 11.8 Å². The summed E-state index contributed by atoms with van der Waals surface area (Å²) in [5.74, 6) is 5.99. The number of anilines is 2. The fourth-order valence-corrected chi connectivity index (χ4v) is 2.77. The van der Waals surface area contributed by atoms with Crippen molar-refractivity contribution in [3.63, 3.8) is 0 Å². The van der Waals surface area contributed by atoms with Gasteiger partial charge in [-0.25, -0.2) is 4.79 Å². The number of nitrogens with zero attached hydrogens (tertiary/aromatic N) is 2. The third-order valence-corrected chi connectivity index (χ3v) is 4.02. The number of amides is 1. The molecule has 1 saturated heterocycles. The molecular formula is C19H17N3O5. The maximum absolute atomic E-state index is 11.4. The summed E-state index contributed by atoms with van der Waals surface area (Å²) in [6.45, 7) is 2.21. The van der Waals surface area contributed by atoms with Crippen LogP contribution in [0.15, 0.2) is 42.5 Å². The molecule has 0 radical (unpaired) electrons. The number of nitro benzene ring substituents is 1. The summed E-state index contributed by atoms with van der Waals surface area (Å²) < 4.78 is 5.35. The number of hydrogen-bond donors (Lipinski definition) is 2. The van der Waals surface area contributed by atoms with Crippen molar-refractivity contribution in [3.05, 3.63) is 63.7 Å². The van der Waals surface area contributed by atoms with E-state index in [2.05, 4.69) is 17.2 Å². The summed E-state index contributed by atoms with van der Waals surface area (Å²) in [6, 6.07) is 12.1. The van der Waals surface area contributed by atoms with Gasteiger partial charge in [-0.3, -0.25) is 15.4 Å². The second-order valence-electron chi connectivity index (χ2n) is 5.79. The standard InChI is InChI=1S/C19H17N3O5/c23-19(24)20-16-13-17(21-8-10-27-11-9-21)15(12-18(16)22(25)26)7-6-14-4-2-1-3-5-14/h1-5,12-13,20H,8-11H2,(H,23,24). The largest absolute Gasteiger partial charge is 0.465 e. The predicted octanol–water partition coefficient (Wildman–Crippen LogP) is 2.92. The van der Waals surface area contributed by atoms with Crippen LogP contribution in [0.1, 0.15) is 11.1 Å². The van der Waals surface area contributed by atoms with Gasteiger partial charge in [0.05, 0.1) is 29.4 Å². The van der Waals surface area contributed by atoms with E-state index in [9.17, 15) is 14.9 Å². The van der Waals surface area contributed by atoms with Crippen LogP contribution in [-0.2, 0) is 4.74 Å². The van der Waals surface area contributed by atoms with Crippen LogP contribution in [0, 0.1) is 22.0 Å². The van der Waals surface area contributed by atoms with Crippen LogP contribution in [0.5, 0.6) is 0 Å². The van der Waals surface area contributed by atoms with E-state index in [0.29, 0.717) is 37.6 Å². The van der Waals surface area contributed by atoms with Gasteiger partial charge in [0, 0.05) is 24.7 Å². The molecule has 0 spiro atoms. The van der Waals surface area contributed by atoms with E-state index in [1.54, 1.807) is 0 Å². The zero-order valence-corrected chi connectivity index (χ0v) is 14.3. The molecule has 0 aromatic heterocycles. The lowest BCUT2D eigenvalue weighted by molar-refractivity contribution is -0.383. The highest BCUT2D eigenvalue weighted by Gasteiger charge is 2.23. The van der Waals surface area contributed by atoms with Crippen LogP contribution in [0.25, 0.3) is 0 Å². The Labute approximate surface area is 155 Å². The molecule has 1 aliphatic rings. The lowest BCUT2D eigenvalue weighted by Gasteiger charge is -2.30. The quantitative estimate of drug-likeness (QED) is 0.491. The minimum atomic E-state index is -1.37. The molecule has 2 aromatic rings. The Hall–Kier alpha value is -3.57. The summed E-state index contributed by atoms with van der Waals surface area (Å²) in [5.41, 5.74) is 1.45. The van der Waals surface area contributed by atoms with Gasteiger partial charge in [-0.1, -0.05) is 30.0 Å². The number of ether oxygens (including phenoxy) is 1. The zero-order chi connectivity index (χ0) is 19.2. The van der Waals surface area contributed by atoms with Crippen LogP contribution in [0.3, 0.4) is 0 Å². The number of carboxylic acid groups (broad SMARTS) is 1. The van der Waals surface area contributed by atoms with Gasteiger partial charge in [0.1, 0.15) is 5.69 Å². The average Bonchev–Trinajstić information content (AvgIpc) is 2.67. The van der Waals surface area contributed by atoms with Gasteiger partial charge in [-0.05, 0) is 18.2 Å². The first kappa shape index (κ1) is 18.2. The third-order valence-electron chi connectivity index (χ3n) is 4.02. The maximum Gasteiger partial charge on any atom is 0.409 e. The fourth-order valence-electron chi connectivity index (χ4n) is 2.77. The van der Waals surface area contributed by atoms with Gasteiger partial charge >= 0.3 is 6.09 Å². The Morgan fingerprint density at radius 1 is 1.19 bits per heavy atom. The lowest BCUT2D eigenvalue weighted by Crippen LogP contribution is -2.36. The summed E-state index contributed by atoms with van der Waals surface area (Å²) in [4.78, 5) is 23.8. The minimum absolute atomic E-state index is 0.0840. The molecule has 1 aliphatic heterocycles. The van der Waals surface area contributed by atoms with E-state index in [-0.39, 0.29) is 11.4 Å². The summed E-state index contributed by atoms with van der Waals surface area (Å²) in [6.07, 6.45) is -1.37. The average molecular weight is 367 g/mol. The van der Waals surface area contributed by atoms with Crippen molar-refractivity contribution in [2.75, 3.05) is 36.5 Å². The van der Waals surface area contributed by atoms with Crippen molar-refractivity contribution < 1.29 is 19.6 Å². The number of benzene rings is 2. The highest BCUT2D eigenvalue weighted by atomic mass is 16.6. The Balaban J connectivity index is 2.10. The highest BCUT2D eigenvalue weighted by Crippen LogP contribution is 2.33. The second-order valence-corrected chi connectivity index (χ2v) is 5.79. The van der Waals surface area contributed by atoms with E-state index in [0.717, 1.165) is 5.56 Å². The van der Waals surface area contributed by atoms with Crippen LogP contribution in [0.2, 0.25) is 0 Å². The van der Waals surface area contributed by atoms with Crippen LogP contribution in [-0.4, -0.2) is 42.4 Å². The number of nitrogens with one attached hydrogen (secondary N) is 1. The topological polar surface area (TPSA) is 105 Å². The van der Waals surface area contributed by atoms with E-state index < -0.39 is 11.0 Å². The highest BCUT2D eigenvalue weighted by molar-refractivity contribution is 5.89. The normalized spacial score (nSPS) is 13.4. The molecule has 0 bridgehead atoms. The second kappa shape index (κ2) is 8.21. The molecule has 138 valence electrons. The molecule has 8 heteroatoms. The molecule has 3 rings (SSSR count).